The fourth-order valence-electron chi connectivity index (χ4n) is 2.43. The maximum Gasteiger partial charge on any atom is 0.346 e. The number of esters is 2. The molecule has 1 aliphatic heterocycles. The smallest absolute Gasteiger partial charge is 0.346 e. The third-order valence-electron chi connectivity index (χ3n) is 3.27. The molecule has 1 aliphatic rings. The molecule has 110 valence electrons. The molecule has 10 heteroatoms. The molecule has 0 saturated heterocycles. The highest BCUT2D eigenvalue weighted by atomic mass is 16.6. The molecular weight excluding hydrogens is 298 g/mol. The van der Waals surface area contributed by atoms with Gasteiger partial charge in [0.2, 0.25) is 0 Å². The number of benzene rings is 2. The van der Waals surface area contributed by atoms with Gasteiger partial charge in [-0.1, -0.05) is 0 Å². The summed E-state index contributed by atoms with van der Waals surface area (Å²) in [5.41, 5.74) is 3.37. The van der Waals surface area contributed by atoms with E-state index in [0.29, 0.717) is 0 Å². The van der Waals surface area contributed by atoms with Crippen molar-refractivity contribution in [1.82, 2.24) is 0 Å². The highest BCUT2D eigenvalue weighted by Crippen LogP contribution is 2.43. The molecule has 0 spiro atoms. The van der Waals surface area contributed by atoms with Gasteiger partial charge in [-0.3, -0.25) is 20.2 Å². The summed E-state index contributed by atoms with van der Waals surface area (Å²) in [6, 6.07) is 2.99. The first kappa shape index (κ1) is 13.4. The number of nitro groups is 2. The van der Waals surface area contributed by atoms with Gasteiger partial charge < -0.3 is 10.5 Å². The normalized spacial score (nSPS) is 13.1. The van der Waals surface area contributed by atoms with E-state index in [1.165, 1.54) is 0 Å². The average Bonchev–Trinajstić information content (AvgIpc) is 2.42. The zero-order valence-electron chi connectivity index (χ0n) is 10.6. The molecule has 0 atom stereocenters. The van der Waals surface area contributed by atoms with E-state index in [4.69, 9.17) is 5.73 Å². The topological polar surface area (TPSA) is 156 Å². The van der Waals surface area contributed by atoms with E-state index in [2.05, 4.69) is 4.74 Å². The zero-order valence-corrected chi connectivity index (χ0v) is 10.6. The van der Waals surface area contributed by atoms with Gasteiger partial charge in [0, 0.05) is 11.5 Å². The van der Waals surface area contributed by atoms with Gasteiger partial charge in [0.1, 0.15) is 11.1 Å². The Morgan fingerprint density at radius 1 is 0.955 bits per heavy atom. The van der Waals surface area contributed by atoms with Crippen molar-refractivity contribution in [2.24, 2.45) is 0 Å². The van der Waals surface area contributed by atoms with Gasteiger partial charge in [0.05, 0.1) is 21.0 Å². The molecule has 2 N–H and O–H groups in total. The van der Waals surface area contributed by atoms with Crippen LogP contribution >= 0.6 is 0 Å². The lowest BCUT2D eigenvalue weighted by Crippen LogP contribution is -2.20. The molecule has 0 unspecified atom stereocenters. The first-order chi connectivity index (χ1) is 10.3. The van der Waals surface area contributed by atoms with E-state index in [-0.39, 0.29) is 16.5 Å². The van der Waals surface area contributed by atoms with Gasteiger partial charge >= 0.3 is 17.6 Å². The molecule has 2 aromatic rings. The zero-order chi connectivity index (χ0) is 16.2. The number of non-ortho nitro benzene ring substituents is 1. The Balaban J connectivity index is 2.66. The molecule has 0 amide bonds. The van der Waals surface area contributed by atoms with Gasteiger partial charge in [0.15, 0.2) is 0 Å². The van der Waals surface area contributed by atoms with Crippen LogP contribution in [0, 0.1) is 20.2 Å². The Labute approximate surface area is 120 Å². The van der Waals surface area contributed by atoms with Gasteiger partial charge in [0.25, 0.3) is 5.69 Å². The molecule has 0 aromatic heterocycles. The molecule has 22 heavy (non-hydrogen) atoms. The van der Waals surface area contributed by atoms with E-state index < -0.39 is 44.2 Å². The lowest BCUT2D eigenvalue weighted by atomic mass is 9.94. The summed E-state index contributed by atoms with van der Waals surface area (Å²) < 4.78 is 4.49. The second-order valence-corrected chi connectivity index (χ2v) is 4.44. The summed E-state index contributed by atoms with van der Waals surface area (Å²) in [5.74, 6) is -2.10. The summed E-state index contributed by atoms with van der Waals surface area (Å²) in [6.07, 6.45) is 0. The molecule has 0 saturated carbocycles. The van der Waals surface area contributed by atoms with E-state index in [1.807, 2.05) is 0 Å². The van der Waals surface area contributed by atoms with Crippen LogP contribution in [0.15, 0.2) is 18.2 Å². The Bertz CT molecular complexity index is 919. The number of ether oxygens (including phenoxy) is 1. The minimum absolute atomic E-state index is 0.168. The minimum atomic E-state index is -1.07. The van der Waals surface area contributed by atoms with Gasteiger partial charge in [-0.15, -0.1) is 0 Å². The molecule has 0 radical (unpaired) electrons. The molecule has 0 aliphatic carbocycles. The summed E-state index contributed by atoms with van der Waals surface area (Å²) in [5, 5.41) is 21.7. The summed E-state index contributed by atoms with van der Waals surface area (Å²) in [6.45, 7) is 0. The van der Waals surface area contributed by atoms with E-state index in [9.17, 15) is 29.8 Å². The minimum Gasteiger partial charge on any atom is -0.393 e. The SMILES string of the molecule is Nc1cc2c3c(ccc([N+](=O)[O-])c3c1[N+](=O)[O-])C(=O)OC2=O. The van der Waals surface area contributed by atoms with Gasteiger partial charge in [-0.2, -0.15) is 0 Å². The van der Waals surface area contributed by atoms with Gasteiger partial charge in [-0.25, -0.2) is 9.59 Å². The fourth-order valence-corrected chi connectivity index (χ4v) is 2.43. The number of hydrogen-bond donors (Lipinski definition) is 1. The molecule has 2 aromatic carbocycles. The van der Waals surface area contributed by atoms with Crippen molar-refractivity contribution in [2.75, 3.05) is 5.73 Å². The number of carbonyl (C=O) groups excluding carboxylic acids is 2. The monoisotopic (exact) mass is 303 g/mol. The van der Waals surface area contributed by atoms with Crippen molar-refractivity contribution < 1.29 is 24.2 Å². The Hall–Kier alpha value is -3.56. The number of hydrogen-bond acceptors (Lipinski definition) is 8. The average molecular weight is 303 g/mol. The first-order valence-electron chi connectivity index (χ1n) is 5.77. The number of rotatable bonds is 2. The second kappa shape index (κ2) is 4.22. The summed E-state index contributed by atoms with van der Waals surface area (Å²) in [4.78, 5) is 44.1. The lowest BCUT2D eigenvalue weighted by Gasteiger charge is -2.16. The van der Waals surface area contributed by atoms with Crippen LogP contribution in [-0.2, 0) is 4.74 Å². The first-order valence-corrected chi connectivity index (χ1v) is 5.77. The largest absolute Gasteiger partial charge is 0.393 e. The maximum absolute atomic E-state index is 11.8. The number of nitrogens with two attached hydrogens (primary N) is 1. The van der Waals surface area contributed by atoms with Crippen LogP contribution in [0.2, 0.25) is 0 Å². The molecule has 10 nitrogen and oxygen atoms in total. The number of nitrogens with zero attached hydrogens (tertiary/aromatic N) is 2. The molecular formula is C12H5N3O7. The third-order valence-corrected chi connectivity index (χ3v) is 3.27. The molecule has 1 heterocycles. The van der Waals surface area contributed by atoms with Crippen molar-refractivity contribution >= 4 is 39.8 Å². The highest BCUT2D eigenvalue weighted by molar-refractivity contribution is 6.24. The van der Waals surface area contributed by atoms with Crippen LogP contribution in [0.25, 0.3) is 10.8 Å². The summed E-state index contributed by atoms with van der Waals surface area (Å²) >= 11 is 0. The number of nitrogen functional groups attached to an aromatic ring is 1. The maximum atomic E-state index is 11.8. The van der Waals surface area contributed by atoms with Gasteiger partial charge in [-0.05, 0) is 12.1 Å². The Morgan fingerprint density at radius 3 is 2.18 bits per heavy atom. The molecule has 3 rings (SSSR count). The van der Waals surface area contributed by atoms with Crippen LogP contribution in [0.3, 0.4) is 0 Å². The Kier molecular flexibility index (Phi) is 2.57. The highest BCUT2D eigenvalue weighted by Gasteiger charge is 2.36. The quantitative estimate of drug-likeness (QED) is 0.288. The molecule has 0 fully saturated rings. The van der Waals surface area contributed by atoms with Crippen LogP contribution in [0.4, 0.5) is 17.1 Å². The fraction of sp³-hybridized carbons (Fsp3) is 0. The number of cyclic esters (lactones) is 2. The predicted molar refractivity (Wildman–Crippen MR) is 71.4 cm³/mol. The standard InChI is InChI=1S/C12H5N3O7/c13-6-3-5-8-4(11(16)22-12(5)17)1-2-7(14(18)19)9(8)10(6)15(20)21/h1-3H,13H2. The lowest BCUT2D eigenvalue weighted by molar-refractivity contribution is -0.389. The van der Waals surface area contributed by atoms with Crippen LogP contribution in [0.5, 0.6) is 0 Å². The molecule has 0 bridgehead atoms. The van der Waals surface area contributed by atoms with E-state index in [0.717, 1.165) is 18.2 Å². The van der Waals surface area contributed by atoms with Crippen LogP contribution in [-0.4, -0.2) is 21.8 Å². The number of carbonyl (C=O) groups is 2. The van der Waals surface area contributed by atoms with Crippen LogP contribution < -0.4 is 5.73 Å². The second-order valence-electron chi connectivity index (χ2n) is 4.44. The number of anilines is 1. The number of nitro benzene ring substituents is 2. The van der Waals surface area contributed by atoms with Crippen molar-refractivity contribution in [3.8, 4) is 0 Å². The van der Waals surface area contributed by atoms with Crippen molar-refractivity contribution in [2.45, 2.75) is 0 Å². The summed E-state index contributed by atoms with van der Waals surface area (Å²) in [7, 11) is 0. The predicted octanol–water partition coefficient (Wildman–Crippen LogP) is 1.55. The van der Waals surface area contributed by atoms with Crippen LogP contribution in [0.1, 0.15) is 20.7 Å². The van der Waals surface area contributed by atoms with E-state index >= 15 is 0 Å². The van der Waals surface area contributed by atoms with Crippen molar-refractivity contribution in [1.29, 1.82) is 0 Å². The van der Waals surface area contributed by atoms with E-state index in [1.54, 1.807) is 0 Å². The Morgan fingerprint density at radius 2 is 1.59 bits per heavy atom. The van der Waals surface area contributed by atoms with Crippen molar-refractivity contribution in [3.63, 3.8) is 0 Å². The van der Waals surface area contributed by atoms with Crippen molar-refractivity contribution in [3.05, 3.63) is 49.6 Å². The third kappa shape index (κ3) is 1.60.